The maximum absolute atomic E-state index is 5.79. The predicted molar refractivity (Wildman–Crippen MR) is 54.3 cm³/mol. The van der Waals surface area contributed by atoms with E-state index in [0.29, 0.717) is 5.96 Å². The Balaban J connectivity index is 4.09. The summed E-state index contributed by atoms with van der Waals surface area (Å²) in [6.07, 6.45) is 1.11. The van der Waals surface area contributed by atoms with E-state index >= 15 is 0 Å². The van der Waals surface area contributed by atoms with Gasteiger partial charge in [-0.05, 0) is 27.2 Å². The molecular weight excluding hydrogens is 150 g/mol. The molecule has 3 nitrogen and oxygen atoms in total. The summed E-state index contributed by atoms with van der Waals surface area (Å²) >= 11 is 0. The van der Waals surface area contributed by atoms with E-state index in [1.54, 1.807) is 0 Å². The first kappa shape index (κ1) is 11.3. The van der Waals surface area contributed by atoms with Crippen LogP contribution in [-0.2, 0) is 0 Å². The summed E-state index contributed by atoms with van der Waals surface area (Å²) in [5.41, 5.74) is 5.79. The minimum absolute atomic E-state index is 0.288. The summed E-state index contributed by atoms with van der Waals surface area (Å²) in [7, 11) is 0. The van der Waals surface area contributed by atoms with Gasteiger partial charge in [0, 0.05) is 19.1 Å². The molecule has 0 saturated heterocycles. The number of nitrogens with zero attached hydrogens (tertiary/aromatic N) is 2. The van der Waals surface area contributed by atoms with Gasteiger partial charge >= 0.3 is 0 Å². The molecule has 0 atom stereocenters. The second kappa shape index (κ2) is 5.86. The van der Waals surface area contributed by atoms with Crippen LogP contribution in [0.15, 0.2) is 4.99 Å². The number of hydrogen-bond donors (Lipinski definition) is 1. The van der Waals surface area contributed by atoms with E-state index in [2.05, 4.69) is 23.7 Å². The molecule has 0 heterocycles. The summed E-state index contributed by atoms with van der Waals surface area (Å²) in [6.45, 7) is 10.2. The summed E-state index contributed by atoms with van der Waals surface area (Å²) in [6, 6.07) is 0.288. The molecule has 0 aliphatic rings. The molecule has 0 saturated carbocycles. The number of hydrogen-bond acceptors (Lipinski definition) is 1. The largest absolute Gasteiger partial charge is 0.370 e. The van der Waals surface area contributed by atoms with Crippen LogP contribution in [0, 0.1) is 0 Å². The molecule has 0 bridgehead atoms. The summed E-state index contributed by atoms with van der Waals surface area (Å²) in [5, 5.41) is 0. The number of nitrogens with two attached hydrogens (primary N) is 1. The molecule has 0 aromatic rings. The number of rotatable bonds is 4. The van der Waals surface area contributed by atoms with Crippen molar-refractivity contribution in [2.24, 2.45) is 10.7 Å². The van der Waals surface area contributed by atoms with Gasteiger partial charge in [0.2, 0.25) is 0 Å². The topological polar surface area (TPSA) is 41.6 Å². The van der Waals surface area contributed by atoms with Gasteiger partial charge in [0.25, 0.3) is 0 Å². The molecule has 3 heteroatoms. The molecule has 12 heavy (non-hydrogen) atoms. The van der Waals surface area contributed by atoms with Gasteiger partial charge in [-0.3, -0.25) is 4.99 Å². The Hall–Kier alpha value is -0.730. The second-order valence-electron chi connectivity index (χ2n) is 3.16. The Morgan fingerprint density at radius 1 is 1.42 bits per heavy atom. The zero-order valence-corrected chi connectivity index (χ0v) is 8.67. The molecule has 0 aliphatic carbocycles. The Bertz CT molecular complexity index is 141. The molecular formula is C9H21N3. The van der Waals surface area contributed by atoms with Gasteiger partial charge in [-0.1, -0.05) is 6.92 Å². The quantitative estimate of drug-likeness (QED) is 0.513. The summed E-state index contributed by atoms with van der Waals surface area (Å²) in [4.78, 5) is 6.38. The van der Waals surface area contributed by atoms with E-state index in [0.717, 1.165) is 19.5 Å². The Labute approximate surface area is 75.7 Å². The third kappa shape index (κ3) is 4.21. The smallest absolute Gasteiger partial charge is 0.191 e. The highest BCUT2D eigenvalue weighted by atomic mass is 15.2. The Kier molecular flexibility index (Phi) is 5.51. The van der Waals surface area contributed by atoms with Crippen LogP contribution in [-0.4, -0.2) is 30.0 Å². The fourth-order valence-corrected chi connectivity index (χ4v) is 1.05. The van der Waals surface area contributed by atoms with Gasteiger partial charge in [0.15, 0.2) is 5.96 Å². The average Bonchev–Trinajstić information content (AvgIpc) is 1.98. The van der Waals surface area contributed by atoms with E-state index in [1.165, 1.54) is 0 Å². The highest BCUT2D eigenvalue weighted by Crippen LogP contribution is 1.93. The van der Waals surface area contributed by atoms with Gasteiger partial charge in [-0.25, -0.2) is 0 Å². The first-order valence-corrected chi connectivity index (χ1v) is 4.70. The van der Waals surface area contributed by atoms with Crippen molar-refractivity contribution in [2.45, 2.75) is 40.2 Å². The van der Waals surface area contributed by atoms with Crippen molar-refractivity contribution >= 4 is 5.96 Å². The number of aliphatic imine (C=N–C) groups is 1. The van der Waals surface area contributed by atoms with Crippen molar-refractivity contribution in [1.82, 2.24) is 4.90 Å². The van der Waals surface area contributed by atoms with Crippen LogP contribution in [0.3, 0.4) is 0 Å². The van der Waals surface area contributed by atoms with E-state index in [-0.39, 0.29) is 6.04 Å². The SMILES string of the molecule is CCCN(CC)C(N)=NC(C)C. The highest BCUT2D eigenvalue weighted by Gasteiger charge is 2.03. The minimum Gasteiger partial charge on any atom is -0.370 e. The van der Waals surface area contributed by atoms with Gasteiger partial charge in [0.1, 0.15) is 0 Å². The Morgan fingerprint density at radius 3 is 2.33 bits per heavy atom. The van der Waals surface area contributed by atoms with Gasteiger partial charge in [-0.15, -0.1) is 0 Å². The zero-order chi connectivity index (χ0) is 9.56. The van der Waals surface area contributed by atoms with Crippen molar-refractivity contribution in [1.29, 1.82) is 0 Å². The minimum atomic E-state index is 0.288. The fourth-order valence-electron chi connectivity index (χ4n) is 1.05. The normalized spacial score (nSPS) is 12.2. The standard InChI is InChI=1S/C9H21N3/c1-5-7-12(6-2)9(10)11-8(3)4/h8H,5-7H2,1-4H3,(H2,10,11). The molecule has 0 fully saturated rings. The predicted octanol–water partition coefficient (Wildman–Crippen LogP) is 1.44. The molecule has 0 radical (unpaired) electrons. The van der Waals surface area contributed by atoms with E-state index in [4.69, 9.17) is 5.73 Å². The van der Waals surface area contributed by atoms with Gasteiger partial charge in [-0.2, -0.15) is 0 Å². The fraction of sp³-hybridized carbons (Fsp3) is 0.889. The zero-order valence-electron chi connectivity index (χ0n) is 8.67. The molecule has 2 N–H and O–H groups in total. The summed E-state index contributed by atoms with van der Waals surface area (Å²) in [5.74, 6) is 0.675. The lowest BCUT2D eigenvalue weighted by Gasteiger charge is -2.21. The molecule has 0 amide bonds. The molecule has 0 unspecified atom stereocenters. The number of guanidine groups is 1. The van der Waals surface area contributed by atoms with Crippen LogP contribution >= 0.6 is 0 Å². The van der Waals surface area contributed by atoms with Crippen LogP contribution in [0.2, 0.25) is 0 Å². The maximum Gasteiger partial charge on any atom is 0.191 e. The van der Waals surface area contributed by atoms with Crippen LogP contribution in [0.1, 0.15) is 34.1 Å². The highest BCUT2D eigenvalue weighted by molar-refractivity contribution is 5.78. The molecule has 0 aromatic heterocycles. The Morgan fingerprint density at radius 2 is 2.00 bits per heavy atom. The lowest BCUT2D eigenvalue weighted by Crippen LogP contribution is -2.38. The van der Waals surface area contributed by atoms with Gasteiger partial charge in [0.05, 0.1) is 0 Å². The van der Waals surface area contributed by atoms with Crippen molar-refractivity contribution in [3.05, 3.63) is 0 Å². The third-order valence-corrected chi connectivity index (χ3v) is 1.59. The van der Waals surface area contributed by atoms with E-state index in [1.807, 2.05) is 13.8 Å². The van der Waals surface area contributed by atoms with Crippen LogP contribution in [0.5, 0.6) is 0 Å². The van der Waals surface area contributed by atoms with Crippen molar-refractivity contribution in [2.75, 3.05) is 13.1 Å². The molecule has 0 aliphatic heterocycles. The lowest BCUT2D eigenvalue weighted by atomic mass is 10.4. The molecule has 0 aromatic carbocycles. The van der Waals surface area contributed by atoms with Crippen molar-refractivity contribution < 1.29 is 0 Å². The van der Waals surface area contributed by atoms with Crippen LogP contribution in [0.25, 0.3) is 0 Å². The first-order chi connectivity index (χ1) is 5.61. The second-order valence-corrected chi connectivity index (χ2v) is 3.16. The lowest BCUT2D eigenvalue weighted by molar-refractivity contribution is 0.431. The van der Waals surface area contributed by atoms with E-state index in [9.17, 15) is 0 Å². The monoisotopic (exact) mass is 171 g/mol. The van der Waals surface area contributed by atoms with Crippen LogP contribution < -0.4 is 5.73 Å². The van der Waals surface area contributed by atoms with Crippen molar-refractivity contribution in [3.63, 3.8) is 0 Å². The average molecular weight is 171 g/mol. The van der Waals surface area contributed by atoms with Gasteiger partial charge < -0.3 is 10.6 Å². The first-order valence-electron chi connectivity index (χ1n) is 4.70. The van der Waals surface area contributed by atoms with E-state index < -0.39 is 0 Å². The molecule has 72 valence electrons. The third-order valence-electron chi connectivity index (χ3n) is 1.59. The molecule has 0 rings (SSSR count). The maximum atomic E-state index is 5.79. The van der Waals surface area contributed by atoms with Crippen LogP contribution in [0.4, 0.5) is 0 Å². The molecule has 0 spiro atoms. The van der Waals surface area contributed by atoms with Crippen molar-refractivity contribution in [3.8, 4) is 0 Å². The summed E-state index contributed by atoms with van der Waals surface area (Å²) < 4.78 is 0.